The van der Waals surface area contributed by atoms with Crippen molar-refractivity contribution >= 4 is 43.2 Å². The first-order valence-corrected chi connectivity index (χ1v) is 13.7. The van der Waals surface area contributed by atoms with Crippen LogP contribution in [0.3, 0.4) is 0 Å². The van der Waals surface area contributed by atoms with Gasteiger partial charge in [0.1, 0.15) is 0 Å². The maximum atomic E-state index is 5.02. The zero-order valence-electron chi connectivity index (χ0n) is 21.9. The molecule has 0 aliphatic carbocycles. The van der Waals surface area contributed by atoms with E-state index in [1.807, 2.05) is 6.20 Å². The Morgan fingerprint density at radius 2 is 0.875 bits per heavy atom. The highest BCUT2D eigenvalue weighted by Gasteiger charge is 2.19. The molecule has 0 unspecified atom stereocenters. The fourth-order valence-electron chi connectivity index (χ4n) is 6.23. The number of nitrogens with zero attached hydrogens (tertiary/aromatic N) is 1. The minimum atomic E-state index is 1.03. The Labute approximate surface area is 233 Å². The van der Waals surface area contributed by atoms with Gasteiger partial charge >= 0.3 is 0 Å². The number of rotatable bonds is 3. The fraction of sp³-hybridized carbons (Fsp3) is 0. The molecule has 1 nitrogen and oxygen atoms in total. The second-order valence-electron chi connectivity index (χ2n) is 10.4. The molecule has 0 saturated carbocycles. The monoisotopic (exact) mass is 507 g/mol. The first kappa shape index (κ1) is 22.7. The van der Waals surface area contributed by atoms with E-state index in [4.69, 9.17) is 4.98 Å². The Kier molecular flexibility index (Phi) is 5.21. The molecule has 0 radical (unpaired) electrons. The molecule has 0 N–H and O–H groups in total. The Morgan fingerprint density at radius 3 is 1.60 bits per heavy atom. The van der Waals surface area contributed by atoms with Crippen molar-refractivity contribution < 1.29 is 0 Å². The van der Waals surface area contributed by atoms with Gasteiger partial charge in [-0.1, -0.05) is 127 Å². The summed E-state index contributed by atoms with van der Waals surface area (Å²) in [5, 5.41) is 8.60. The van der Waals surface area contributed by atoms with Crippen molar-refractivity contribution in [1.82, 2.24) is 4.98 Å². The number of fused-ring (bicyclic) bond motifs is 4. The van der Waals surface area contributed by atoms with E-state index >= 15 is 0 Å². The van der Waals surface area contributed by atoms with Crippen molar-refractivity contribution in [3.63, 3.8) is 0 Å². The molecule has 0 saturated heterocycles. The van der Waals surface area contributed by atoms with Crippen LogP contribution in [-0.2, 0) is 0 Å². The molecular weight excluding hydrogens is 482 g/mol. The third-order valence-corrected chi connectivity index (χ3v) is 8.07. The lowest BCUT2D eigenvalue weighted by molar-refractivity contribution is 1.42. The van der Waals surface area contributed by atoms with Crippen LogP contribution in [0.1, 0.15) is 0 Å². The maximum Gasteiger partial charge on any atom is 0.0792 e. The molecule has 1 heteroatoms. The molecule has 1 heterocycles. The van der Waals surface area contributed by atoms with Crippen molar-refractivity contribution in [3.05, 3.63) is 152 Å². The van der Waals surface area contributed by atoms with E-state index < -0.39 is 0 Å². The van der Waals surface area contributed by atoms with Crippen LogP contribution in [0.25, 0.3) is 76.6 Å². The van der Waals surface area contributed by atoms with Crippen LogP contribution in [0.4, 0.5) is 0 Å². The fourth-order valence-corrected chi connectivity index (χ4v) is 6.23. The van der Waals surface area contributed by atoms with E-state index in [1.165, 1.54) is 65.7 Å². The topological polar surface area (TPSA) is 12.9 Å². The molecule has 0 spiro atoms. The van der Waals surface area contributed by atoms with Gasteiger partial charge in [0.05, 0.1) is 5.52 Å². The Morgan fingerprint density at radius 1 is 0.350 bits per heavy atom. The van der Waals surface area contributed by atoms with Gasteiger partial charge in [-0.3, -0.25) is 4.98 Å². The summed E-state index contributed by atoms with van der Waals surface area (Å²) in [6, 6.07) is 52.5. The second kappa shape index (κ2) is 9.18. The summed E-state index contributed by atoms with van der Waals surface area (Å²) in [6.45, 7) is 0. The average Bonchev–Trinajstić information content (AvgIpc) is 3.03. The van der Waals surface area contributed by atoms with E-state index in [2.05, 4.69) is 146 Å². The Hall–Kier alpha value is -5.27. The smallest absolute Gasteiger partial charge is 0.0792 e. The molecule has 0 fully saturated rings. The standard InChI is InChI=1S/C39H25N/c1-3-12-28-24-30(21-19-26(28)10-1)32-14-5-6-15-33(32)38-35-17-8-7-16-34(35)37(39-36(38)18-9-23-40-39)31-22-20-27-11-2-4-13-29(27)25-31/h1-25H. The number of hydrogen-bond acceptors (Lipinski definition) is 1. The molecule has 8 rings (SSSR count). The second-order valence-corrected chi connectivity index (χ2v) is 10.4. The summed E-state index contributed by atoms with van der Waals surface area (Å²) >= 11 is 0. The van der Waals surface area contributed by atoms with Gasteiger partial charge in [0, 0.05) is 17.1 Å². The highest BCUT2D eigenvalue weighted by Crippen LogP contribution is 2.45. The molecule has 0 aliphatic heterocycles. The van der Waals surface area contributed by atoms with Gasteiger partial charge in [-0.25, -0.2) is 0 Å². The van der Waals surface area contributed by atoms with Crippen LogP contribution < -0.4 is 0 Å². The SMILES string of the molecule is c1ccc(-c2c3ccccc3c(-c3ccc4ccccc4c3)c3ncccc23)c(-c2ccc3ccccc3c2)c1. The van der Waals surface area contributed by atoms with Gasteiger partial charge in [-0.05, 0) is 78.3 Å². The van der Waals surface area contributed by atoms with Crippen molar-refractivity contribution in [2.45, 2.75) is 0 Å². The maximum absolute atomic E-state index is 5.02. The predicted molar refractivity (Wildman–Crippen MR) is 171 cm³/mol. The van der Waals surface area contributed by atoms with E-state index in [9.17, 15) is 0 Å². The van der Waals surface area contributed by atoms with Crippen LogP contribution >= 0.6 is 0 Å². The first-order valence-electron chi connectivity index (χ1n) is 13.7. The highest BCUT2D eigenvalue weighted by molar-refractivity contribution is 6.21. The molecule has 0 aliphatic rings. The molecule has 0 bridgehead atoms. The van der Waals surface area contributed by atoms with Crippen molar-refractivity contribution in [2.24, 2.45) is 0 Å². The van der Waals surface area contributed by atoms with Gasteiger partial charge in [-0.2, -0.15) is 0 Å². The summed E-state index contributed by atoms with van der Waals surface area (Å²) in [5.41, 5.74) is 8.29. The minimum Gasteiger partial charge on any atom is -0.256 e. The van der Waals surface area contributed by atoms with Gasteiger partial charge in [0.15, 0.2) is 0 Å². The van der Waals surface area contributed by atoms with E-state index in [-0.39, 0.29) is 0 Å². The number of pyridine rings is 1. The van der Waals surface area contributed by atoms with Crippen LogP contribution in [-0.4, -0.2) is 4.98 Å². The molecule has 0 atom stereocenters. The molecular formula is C39H25N. The van der Waals surface area contributed by atoms with Crippen molar-refractivity contribution in [2.75, 3.05) is 0 Å². The third-order valence-electron chi connectivity index (χ3n) is 8.07. The van der Waals surface area contributed by atoms with E-state index in [0.29, 0.717) is 0 Å². The lowest BCUT2D eigenvalue weighted by atomic mass is 9.85. The Balaban J connectivity index is 1.45. The van der Waals surface area contributed by atoms with Gasteiger partial charge in [0.2, 0.25) is 0 Å². The summed E-state index contributed by atoms with van der Waals surface area (Å²) in [5.74, 6) is 0. The van der Waals surface area contributed by atoms with E-state index in [1.54, 1.807) is 0 Å². The third kappa shape index (κ3) is 3.60. The zero-order valence-corrected chi connectivity index (χ0v) is 21.9. The quantitative estimate of drug-likeness (QED) is 0.217. The lowest BCUT2D eigenvalue weighted by Crippen LogP contribution is -1.94. The summed E-state index contributed by atoms with van der Waals surface area (Å²) < 4.78 is 0. The molecule has 8 aromatic rings. The average molecular weight is 508 g/mol. The van der Waals surface area contributed by atoms with Gasteiger partial charge < -0.3 is 0 Å². The summed E-state index contributed by atoms with van der Waals surface area (Å²) in [4.78, 5) is 5.02. The normalized spacial score (nSPS) is 11.5. The number of benzene rings is 7. The molecule has 40 heavy (non-hydrogen) atoms. The van der Waals surface area contributed by atoms with Crippen molar-refractivity contribution in [3.8, 4) is 33.4 Å². The molecule has 186 valence electrons. The molecule has 7 aromatic carbocycles. The largest absolute Gasteiger partial charge is 0.256 e. The minimum absolute atomic E-state index is 1.03. The predicted octanol–water partition coefficient (Wildman–Crippen LogP) is 10.7. The zero-order chi connectivity index (χ0) is 26.5. The van der Waals surface area contributed by atoms with Crippen molar-refractivity contribution in [1.29, 1.82) is 0 Å². The van der Waals surface area contributed by atoms with Gasteiger partial charge in [0.25, 0.3) is 0 Å². The molecule has 0 amide bonds. The molecule has 1 aromatic heterocycles. The van der Waals surface area contributed by atoms with Crippen LogP contribution in [0, 0.1) is 0 Å². The first-order chi connectivity index (χ1) is 19.8. The Bertz CT molecular complexity index is 2170. The van der Waals surface area contributed by atoms with Gasteiger partial charge in [-0.15, -0.1) is 0 Å². The summed E-state index contributed by atoms with van der Waals surface area (Å²) in [6.07, 6.45) is 1.92. The summed E-state index contributed by atoms with van der Waals surface area (Å²) in [7, 11) is 0. The highest BCUT2D eigenvalue weighted by atomic mass is 14.7. The number of hydrogen-bond donors (Lipinski definition) is 0. The van der Waals surface area contributed by atoms with E-state index in [0.717, 1.165) is 10.9 Å². The number of aromatic nitrogens is 1. The van der Waals surface area contributed by atoms with Crippen LogP contribution in [0.15, 0.2) is 152 Å². The van der Waals surface area contributed by atoms with Crippen LogP contribution in [0.5, 0.6) is 0 Å². The lowest BCUT2D eigenvalue weighted by Gasteiger charge is -2.19. The van der Waals surface area contributed by atoms with Crippen LogP contribution in [0.2, 0.25) is 0 Å².